The molecule has 0 aliphatic heterocycles. The van der Waals surface area contributed by atoms with Crippen molar-refractivity contribution in [2.24, 2.45) is 0 Å². The van der Waals surface area contributed by atoms with Crippen molar-refractivity contribution in [1.82, 2.24) is 5.32 Å². The summed E-state index contributed by atoms with van der Waals surface area (Å²) in [6, 6.07) is 15.7. The lowest BCUT2D eigenvalue weighted by atomic mass is 9.89. The summed E-state index contributed by atoms with van der Waals surface area (Å²) in [5.41, 5.74) is 4.46. The summed E-state index contributed by atoms with van der Waals surface area (Å²) in [6.07, 6.45) is 4.59. The predicted octanol–water partition coefficient (Wildman–Crippen LogP) is 3.85. The summed E-state index contributed by atoms with van der Waals surface area (Å²) in [6.45, 7) is 2.52. The number of carbonyl (C=O) groups excluding carboxylic acids is 1. The summed E-state index contributed by atoms with van der Waals surface area (Å²) in [4.78, 5) is 12.4. The zero-order valence-electron chi connectivity index (χ0n) is 14.9. The third-order valence-electron chi connectivity index (χ3n) is 5.10. The Morgan fingerprint density at radius 1 is 1.08 bits per heavy atom. The van der Waals surface area contributed by atoms with E-state index in [1.807, 2.05) is 43.3 Å². The van der Waals surface area contributed by atoms with Crippen LogP contribution in [0.2, 0.25) is 0 Å². The minimum atomic E-state index is -0.569. The number of aryl methyl sites for hydroxylation is 2. The standard InChI is InChI=1S/C22H27NO2/c1-16(22(25)18-8-3-2-4-9-18)23-14-13-21(24)20-12-11-17-7-5-6-10-19(17)15-20/h2-4,8-9,11-12,15-16,22-23,25H,5-7,10,13-14H2,1H3. The number of rotatable bonds is 7. The van der Waals surface area contributed by atoms with Gasteiger partial charge in [0.1, 0.15) is 0 Å². The molecule has 0 amide bonds. The van der Waals surface area contributed by atoms with Gasteiger partial charge in [-0.05, 0) is 55.4 Å². The zero-order valence-corrected chi connectivity index (χ0v) is 14.9. The quantitative estimate of drug-likeness (QED) is 0.755. The van der Waals surface area contributed by atoms with Crippen LogP contribution < -0.4 is 5.32 Å². The van der Waals surface area contributed by atoms with Crippen LogP contribution in [0.5, 0.6) is 0 Å². The highest BCUT2D eigenvalue weighted by molar-refractivity contribution is 5.96. The Morgan fingerprint density at radius 3 is 2.56 bits per heavy atom. The van der Waals surface area contributed by atoms with Gasteiger partial charge < -0.3 is 10.4 Å². The Morgan fingerprint density at radius 2 is 1.80 bits per heavy atom. The van der Waals surface area contributed by atoms with Crippen LogP contribution in [0.4, 0.5) is 0 Å². The van der Waals surface area contributed by atoms with E-state index in [1.54, 1.807) is 0 Å². The van der Waals surface area contributed by atoms with E-state index in [9.17, 15) is 9.90 Å². The lowest BCUT2D eigenvalue weighted by Gasteiger charge is -2.20. The number of aliphatic hydroxyl groups is 1. The van der Waals surface area contributed by atoms with Gasteiger partial charge in [0.25, 0.3) is 0 Å². The van der Waals surface area contributed by atoms with Gasteiger partial charge in [-0.25, -0.2) is 0 Å². The minimum absolute atomic E-state index is 0.0984. The van der Waals surface area contributed by atoms with Crippen LogP contribution in [0.1, 0.15) is 59.3 Å². The van der Waals surface area contributed by atoms with E-state index in [0.29, 0.717) is 13.0 Å². The lowest BCUT2D eigenvalue weighted by Crippen LogP contribution is -2.33. The van der Waals surface area contributed by atoms with Crippen LogP contribution in [0.15, 0.2) is 48.5 Å². The van der Waals surface area contributed by atoms with Crippen LogP contribution in [0.25, 0.3) is 0 Å². The first-order chi connectivity index (χ1) is 12.1. The minimum Gasteiger partial charge on any atom is -0.387 e. The Kier molecular flexibility index (Phi) is 6.00. The molecule has 3 rings (SSSR count). The summed E-state index contributed by atoms with van der Waals surface area (Å²) < 4.78 is 0. The van der Waals surface area contributed by atoms with E-state index in [2.05, 4.69) is 17.4 Å². The van der Waals surface area contributed by atoms with E-state index in [1.165, 1.54) is 24.0 Å². The molecule has 1 aliphatic carbocycles. The molecule has 0 fully saturated rings. The number of hydrogen-bond acceptors (Lipinski definition) is 3. The molecule has 2 atom stereocenters. The summed E-state index contributed by atoms with van der Waals surface area (Å²) >= 11 is 0. The van der Waals surface area contributed by atoms with Crippen molar-refractivity contribution in [2.75, 3.05) is 6.54 Å². The second kappa shape index (κ2) is 8.41. The zero-order chi connectivity index (χ0) is 17.6. The molecule has 1 aliphatic rings. The van der Waals surface area contributed by atoms with Gasteiger partial charge in [0.2, 0.25) is 0 Å². The SMILES string of the molecule is CC(NCCC(=O)c1ccc2c(c1)CCCC2)C(O)c1ccccc1. The maximum atomic E-state index is 12.4. The molecule has 2 aromatic carbocycles. The predicted molar refractivity (Wildman–Crippen MR) is 101 cm³/mol. The van der Waals surface area contributed by atoms with Crippen molar-refractivity contribution < 1.29 is 9.90 Å². The Balaban J connectivity index is 1.51. The number of aliphatic hydroxyl groups excluding tert-OH is 1. The number of nitrogens with one attached hydrogen (secondary N) is 1. The molecule has 0 aromatic heterocycles. The van der Waals surface area contributed by atoms with Crippen LogP contribution in [0.3, 0.4) is 0 Å². The average Bonchev–Trinajstić information content (AvgIpc) is 2.67. The molecule has 0 saturated heterocycles. The molecule has 25 heavy (non-hydrogen) atoms. The van der Waals surface area contributed by atoms with Crippen molar-refractivity contribution in [2.45, 2.75) is 51.2 Å². The summed E-state index contributed by atoms with van der Waals surface area (Å²) in [5.74, 6) is 0.169. The molecule has 0 saturated carbocycles. The van der Waals surface area contributed by atoms with E-state index in [4.69, 9.17) is 0 Å². The molecular formula is C22H27NO2. The molecule has 2 unspecified atom stereocenters. The van der Waals surface area contributed by atoms with E-state index in [-0.39, 0.29) is 11.8 Å². The number of carbonyl (C=O) groups is 1. The average molecular weight is 337 g/mol. The number of Topliss-reactive ketones (excluding diaryl/α,β-unsaturated/α-hetero) is 1. The van der Waals surface area contributed by atoms with Crippen molar-refractivity contribution >= 4 is 5.78 Å². The van der Waals surface area contributed by atoms with Crippen molar-refractivity contribution in [3.63, 3.8) is 0 Å². The van der Waals surface area contributed by atoms with Crippen LogP contribution in [-0.2, 0) is 12.8 Å². The molecule has 3 heteroatoms. The van der Waals surface area contributed by atoms with E-state index in [0.717, 1.165) is 24.0 Å². The van der Waals surface area contributed by atoms with Gasteiger partial charge in [-0.3, -0.25) is 4.79 Å². The third-order valence-corrected chi connectivity index (χ3v) is 5.10. The van der Waals surface area contributed by atoms with Gasteiger partial charge in [0.05, 0.1) is 6.10 Å². The maximum absolute atomic E-state index is 12.4. The fourth-order valence-electron chi connectivity index (χ4n) is 3.52. The molecule has 132 valence electrons. The molecule has 0 radical (unpaired) electrons. The molecular weight excluding hydrogens is 310 g/mol. The number of ketones is 1. The topological polar surface area (TPSA) is 49.3 Å². The third kappa shape index (κ3) is 4.56. The number of hydrogen-bond donors (Lipinski definition) is 2. The largest absolute Gasteiger partial charge is 0.387 e. The Bertz CT molecular complexity index is 711. The lowest BCUT2D eigenvalue weighted by molar-refractivity contribution is 0.0972. The second-order valence-corrected chi connectivity index (χ2v) is 6.96. The normalized spacial score (nSPS) is 16.1. The highest BCUT2D eigenvalue weighted by atomic mass is 16.3. The summed E-state index contributed by atoms with van der Waals surface area (Å²) in [7, 11) is 0. The Hall–Kier alpha value is -1.97. The number of fused-ring (bicyclic) bond motifs is 1. The van der Waals surface area contributed by atoms with E-state index < -0.39 is 6.10 Å². The monoisotopic (exact) mass is 337 g/mol. The van der Waals surface area contributed by atoms with Crippen LogP contribution in [0, 0.1) is 0 Å². The van der Waals surface area contributed by atoms with Gasteiger partial charge in [-0.15, -0.1) is 0 Å². The molecule has 0 spiro atoms. The van der Waals surface area contributed by atoms with Gasteiger partial charge in [0, 0.05) is 24.6 Å². The van der Waals surface area contributed by atoms with Gasteiger partial charge in [-0.1, -0.05) is 42.5 Å². The highest BCUT2D eigenvalue weighted by Gasteiger charge is 2.17. The highest BCUT2D eigenvalue weighted by Crippen LogP contribution is 2.23. The molecule has 2 aromatic rings. The second-order valence-electron chi connectivity index (χ2n) is 6.96. The van der Waals surface area contributed by atoms with Gasteiger partial charge in [-0.2, -0.15) is 0 Å². The molecule has 3 nitrogen and oxygen atoms in total. The maximum Gasteiger partial charge on any atom is 0.164 e. The summed E-state index contributed by atoms with van der Waals surface area (Å²) in [5, 5.41) is 13.6. The fraction of sp³-hybridized carbons (Fsp3) is 0.409. The molecule has 0 bridgehead atoms. The Labute approximate surface area is 150 Å². The first-order valence-corrected chi connectivity index (χ1v) is 9.26. The van der Waals surface area contributed by atoms with Gasteiger partial charge in [0.15, 0.2) is 5.78 Å². The van der Waals surface area contributed by atoms with Crippen LogP contribution in [-0.4, -0.2) is 23.5 Å². The van der Waals surface area contributed by atoms with E-state index >= 15 is 0 Å². The first kappa shape index (κ1) is 17.8. The molecule has 0 heterocycles. The fourth-order valence-corrected chi connectivity index (χ4v) is 3.52. The van der Waals surface area contributed by atoms with Gasteiger partial charge >= 0.3 is 0 Å². The van der Waals surface area contributed by atoms with Crippen LogP contribution >= 0.6 is 0 Å². The van der Waals surface area contributed by atoms with Crippen molar-refractivity contribution in [3.8, 4) is 0 Å². The van der Waals surface area contributed by atoms with Crippen molar-refractivity contribution in [3.05, 3.63) is 70.8 Å². The van der Waals surface area contributed by atoms with Crippen molar-refractivity contribution in [1.29, 1.82) is 0 Å². The number of benzene rings is 2. The smallest absolute Gasteiger partial charge is 0.164 e. The molecule has 2 N–H and O–H groups in total. The first-order valence-electron chi connectivity index (χ1n) is 9.26.